The van der Waals surface area contributed by atoms with Crippen molar-refractivity contribution in [2.45, 2.75) is 20.3 Å². The van der Waals surface area contributed by atoms with Crippen molar-refractivity contribution in [1.82, 2.24) is 10.2 Å². The molecule has 1 aliphatic rings. The number of amides is 1. The Bertz CT molecular complexity index is 439. The summed E-state index contributed by atoms with van der Waals surface area (Å²) < 4.78 is 0. The van der Waals surface area contributed by atoms with E-state index in [1.807, 2.05) is 4.90 Å². The van der Waals surface area contributed by atoms with Crippen LogP contribution in [0.2, 0.25) is 0 Å². The summed E-state index contributed by atoms with van der Waals surface area (Å²) in [5.74, 6) is 0.273. The number of carbonyl (C=O) groups excluding carboxylic acids is 1. The van der Waals surface area contributed by atoms with Gasteiger partial charge in [-0.05, 0) is 31.2 Å². The smallest absolute Gasteiger partial charge is 0.223 e. The molecule has 110 valence electrons. The maximum atomic E-state index is 12.0. The van der Waals surface area contributed by atoms with Crippen molar-refractivity contribution in [3.63, 3.8) is 0 Å². The molecule has 4 nitrogen and oxygen atoms in total. The Labute approximate surface area is 121 Å². The number of rotatable bonds is 5. The monoisotopic (exact) mass is 275 g/mol. The molecule has 20 heavy (non-hydrogen) atoms. The molecule has 1 saturated heterocycles. The standard InChI is InChI=1S/C16H25N3O/c1-3-17-8-7-16(20)19-11-9-18(10-12-19)15-6-4-5-14(2)13-15/h4-6,13,17H,3,7-12H2,1-2H3. The quantitative estimate of drug-likeness (QED) is 0.830. The Morgan fingerprint density at radius 2 is 2.00 bits per heavy atom. The van der Waals surface area contributed by atoms with E-state index in [1.165, 1.54) is 11.3 Å². The number of nitrogens with one attached hydrogen (secondary N) is 1. The molecule has 0 radical (unpaired) electrons. The van der Waals surface area contributed by atoms with Gasteiger partial charge in [-0.3, -0.25) is 4.79 Å². The van der Waals surface area contributed by atoms with E-state index in [0.717, 1.165) is 39.3 Å². The first-order valence-electron chi connectivity index (χ1n) is 7.51. The van der Waals surface area contributed by atoms with E-state index in [-0.39, 0.29) is 5.91 Å². The van der Waals surface area contributed by atoms with Crippen LogP contribution >= 0.6 is 0 Å². The van der Waals surface area contributed by atoms with E-state index < -0.39 is 0 Å². The topological polar surface area (TPSA) is 35.6 Å². The van der Waals surface area contributed by atoms with Gasteiger partial charge in [0.15, 0.2) is 0 Å². The summed E-state index contributed by atoms with van der Waals surface area (Å²) in [7, 11) is 0. The van der Waals surface area contributed by atoms with Crippen LogP contribution in [0.1, 0.15) is 18.9 Å². The largest absolute Gasteiger partial charge is 0.368 e. The van der Waals surface area contributed by atoms with Gasteiger partial charge < -0.3 is 15.1 Å². The van der Waals surface area contributed by atoms with Gasteiger partial charge in [0.25, 0.3) is 0 Å². The number of aryl methyl sites for hydroxylation is 1. The number of benzene rings is 1. The zero-order chi connectivity index (χ0) is 14.4. The third-order valence-electron chi connectivity index (χ3n) is 3.76. The lowest BCUT2D eigenvalue weighted by atomic mass is 10.2. The van der Waals surface area contributed by atoms with E-state index in [1.54, 1.807) is 0 Å². The average molecular weight is 275 g/mol. The van der Waals surface area contributed by atoms with Crippen molar-refractivity contribution >= 4 is 11.6 Å². The number of nitrogens with zero attached hydrogens (tertiary/aromatic N) is 2. The molecule has 1 heterocycles. The normalized spacial score (nSPS) is 15.5. The third kappa shape index (κ3) is 3.97. The van der Waals surface area contributed by atoms with Crippen LogP contribution in [-0.4, -0.2) is 50.1 Å². The zero-order valence-corrected chi connectivity index (χ0v) is 12.6. The van der Waals surface area contributed by atoms with Gasteiger partial charge in [-0.1, -0.05) is 19.1 Å². The lowest BCUT2D eigenvalue weighted by Crippen LogP contribution is -2.49. The van der Waals surface area contributed by atoms with E-state index in [9.17, 15) is 4.79 Å². The summed E-state index contributed by atoms with van der Waals surface area (Å²) in [6.45, 7) is 9.40. The summed E-state index contributed by atoms with van der Waals surface area (Å²) in [5.41, 5.74) is 2.55. The van der Waals surface area contributed by atoms with Gasteiger partial charge in [0.2, 0.25) is 5.91 Å². The van der Waals surface area contributed by atoms with Gasteiger partial charge >= 0.3 is 0 Å². The number of carbonyl (C=O) groups is 1. The number of piperazine rings is 1. The highest BCUT2D eigenvalue weighted by atomic mass is 16.2. The molecule has 1 aromatic carbocycles. The Hall–Kier alpha value is -1.55. The molecule has 1 aromatic rings. The fraction of sp³-hybridized carbons (Fsp3) is 0.562. The van der Waals surface area contributed by atoms with E-state index in [4.69, 9.17) is 0 Å². The molecule has 1 N–H and O–H groups in total. The Morgan fingerprint density at radius 3 is 2.65 bits per heavy atom. The lowest BCUT2D eigenvalue weighted by Gasteiger charge is -2.36. The van der Waals surface area contributed by atoms with Crippen molar-refractivity contribution in [2.24, 2.45) is 0 Å². The molecular weight excluding hydrogens is 250 g/mol. The Kier molecular flexibility index (Phi) is 5.41. The zero-order valence-electron chi connectivity index (χ0n) is 12.6. The first-order valence-corrected chi connectivity index (χ1v) is 7.51. The molecule has 0 saturated carbocycles. The highest BCUT2D eigenvalue weighted by Gasteiger charge is 2.20. The minimum atomic E-state index is 0.273. The van der Waals surface area contributed by atoms with Crippen LogP contribution in [0.4, 0.5) is 5.69 Å². The molecular formula is C16H25N3O. The lowest BCUT2D eigenvalue weighted by molar-refractivity contribution is -0.131. The predicted octanol–water partition coefficient (Wildman–Crippen LogP) is 1.64. The molecule has 1 aliphatic heterocycles. The predicted molar refractivity (Wildman–Crippen MR) is 83.1 cm³/mol. The summed E-state index contributed by atoms with van der Waals surface area (Å²) >= 11 is 0. The van der Waals surface area contributed by atoms with Crippen molar-refractivity contribution < 1.29 is 4.79 Å². The van der Waals surface area contributed by atoms with Crippen LogP contribution in [0.15, 0.2) is 24.3 Å². The molecule has 0 aliphatic carbocycles. The van der Waals surface area contributed by atoms with Crippen molar-refractivity contribution in [1.29, 1.82) is 0 Å². The maximum Gasteiger partial charge on any atom is 0.223 e. The summed E-state index contributed by atoms with van der Waals surface area (Å²) in [5, 5.41) is 3.20. The van der Waals surface area contributed by atoms with Crippen LogP contribution in [0, 0.1) is 6.92 Å². The van der Waals surface area contributed by atoms with Crippen LogP contribution in [-0.2, 0) is 4.79 Å². The highest BCUT2D eigenvalue weighted by molar-refractivity contribution is 5.76. The van der Waals surface area contributed by atoms with Gasteiger partial charge in [-0.25, -0.2) is 0 Å². The molecule has 4 heteroatoms. The molecule has 0 spiro atoms. The van der Waals surface area contributed by atoms with Crippen molar-refractivity contribution in [3.05, 3.63) is 29.8 Å². The van der Waals surface area contributed by atoms with Crippen LogP contribution in [0.25, 0.3) is 0 Å². The summed E-state index contributed by atoms with van der Waals surface area (Å²) in [4.78, 5) is 16.4. The van der Waals surface area contributed by atoms with Crippen LogP contribution in [0.5, 0.6) is 0 Å². The van der Waals surface area contributed by atoms with Crippen LogP contribution < -0.4 is 10.2 Å². The molecule has 0 bridgehead atoms. The van der Waals surface area contributed by atoms with Crippen molar-refractivity contribution in [2.75, 3.05) is 44.2 Å². The molecule has 0 aromatic heterocycles. The first-order chi connectivity index (χ1) is 9.70. The van der Waals surface area contributed by atoms with Gasteiger partial charge in [-0.15, -0.1) is 0 Å². The van der Waals surface area contributed by atoms with E-state index >= 15 is 0 Å². The SMILES string of the molecule is CCNCCC(=O)N1CCN(c2cccc(C)c2)CC1. The van der Waals surface area contributed by atoms with Crippen molar-refractivity contribution in [3.8, 4) is 0 Å². The Morgan fingerprint density at radius 1 is 1.25 bits per heavy atom. The second-order valence-electron chi connectivity index (χ2n) is 5.31. The van der Waals surface area contributed by atoms with Gasteiger partial charge in [0, 0.05) is 44.8 Å². The molecule has 0 atom stereocenters. The fourth-order valence-electron chi connectivity index (χ4n) is 2.57. The van der Waals surface area contributed by atoms with E-state index in [2.05, 4.69) is 48.3 Å². The van der Waals surface area contributed by atoms with Gasteiger partial charge in [-0.2, -0.15) is 0 Å². The van der Waals surface area contributed by atoms with Gasteiger partial charge in [0.05, 0.1) is 0 Å². The number of anilines is 1. The fourth-order valence-corrected chi connectivity index (χ4v) is 2.57. The van der Waals surface area contributed by atoms with Crippen LogP contribution in [0.3, 0.4) is 0 Å². The molecule has 1 amide bonds. The maximum absolute atomic E-state index is 12.0. The molecule has 0 unspecified atom stereocenters. The summed E-state index contributed by atoms with van der Waals surface area (Å²) in [6.07, 6.45) is 0.609. The van der Waals surface area contributed by atoms with Gasteiger partial charge in [0.1, 0.15) is 0 Å². The molecule has 1 fully saturated rings. The Balaban J connectivity index is 1.81. The second kappa shape index (κ2) is 7.29. The van der Waals surface area contributed by atoms with E-state index in [0.29, 0.717) is 6.42 Å². The minimum Gasteiger partial charge on any atom is -0.368 e. The third-order valence-corrected chi connectivity index (χ3v) is 3.76. The average Bonchev–Trinajstić information content (AvgIpc) is 2.47. The number of hydrogen-bond acceptors (Lipinski definition) is 3. The first kappa shape index (κ1) is 14.9. The highest BCUT2D eigenvalue weighted by Crippen LogP contribution is 2.17. The summed E-state index contributed by atoms with van der Waals surface area (Å²) in [6, 6.07) is 8.57. The minimum absolute atomic E-state index is 0.273. The molecule has 2 rings (SSSR count). The number of hydrogen-bond donors (Lipinski definition) is 1. The second-order valence-corrected chi connectivity index (χ2v) is 5.31.